The molecule has 1 aromatic carbocycles. The van der Waals surface area contributed by atoms with E-state index in [9.17, 15) is 18.4 Å². The number of carbonyl (C=O) groups is 2. The van der Waals surface area contributed by atoms with Crippen molar-refractivity contribution >= 4 is 12.1 Å². The van der Waals surface area contributed by atoms with Crippen LogP contribution in [0.25, 0.3) is 0 Å². The number of halogens is 2. The quantitative estimate of drug-likeness (QED) is 0.888. The predicted octanol–water partition coefficient (Wildman–Crippen LogP) is 2.56. The maximum absolute atomic E-state index is 13.2. The van der Waals surface area contributed by atoms with Crippen LogP contribution in [-0.4, -0.2) is 43.3 Å². The molecule has 0 saturated carbocycles. The Labute approximate surface area is 139 Å². The minimum Gasteiger partial charge on any atom is -0.453 e. The highest BCUT2D eigenvalue weighted by molar-refractivity contribution is 5.74. The first kappa shape index (κ1) is 18.0. The van der Waals surface area contributed by atoms with Gasteiger partial charge in [-0.15, -0.1) is 0 Å². The summed E-state index contributed by atoms with van der Waals surface area (Å²) in [5.74, 6) is -1.87. The molecular formula is C16H21F2N3O3. The van der Waals surface area contributed by atoms with Crippen molar-refractivity contribution in [3.63, 3.8) is 0 Å². The summed E-state index contributed by atoms with van der Waals surface area (Å²) >= 11 is 0. The van der Waals surface area contributed by atoms with Crippen molar-refractivity contribution in [3.8, 4) is 0 Å². The van der Waals surface area contributed by atoms with Gasteiger partial charge in [-0.05, 0) is 37.5 Å². The molecule has 0 spiro atoms. The minimum absolute atomic E-state index is 0.0527. The Balaban J connectivity index is 1.81. The molecule has 6 nitrogen and oxygen atoms in total. The van der Waals surface area contributed by atoms with Gasteiger partial charge in [0.05, 0.1) is 13.2 Å². The summed E-state index contributed by atoms with van der Waals surface area (Å²) in [4.78, 5) is 25.0. The van der Waals surface area contributed by atoms with E-state index in [1.807, 2.05) is 0 Å². The number of piperidine rings is 1. The smallest absolute Gasteiger partial charge is 0.409 e. The number of amides is 3. The van der Waals surface area contributed by atoms with Crippen LogP contribution in [0.4, 0.5) is 18.4 Å². The lowest BCUT2D eigenvalue weighted by molar-refractivity contribution is 0.110. The Hall–Kier alpha value is -2.38. The lowest BCUT2D eigenvalue weighted by atomic mass is 10.1. The Morgan fingerprint density at radius 1 is 1.25 bits per heavy atom. The van der Waals surface area contributed by atoms with Crippen LogP contribution in [0, 0.1) is 11.6 Å². The molecule has 24 heavy (non-hydrogen) atoms. The highest BCUT2D eigenvalue weighted by atomic mass is 19.2. The average Bonchev–Trinajstić information content (AvgIpc) is 2.57. The van der Waals surface area contributed by atoms with Crippen LogP contribution in [0.15, 0.2) is 18.2 Å². The van der Waals surface area contributed by atoms with Crippen molar-refractivity contribution in [2.45, 2.75) is 31.8 Å². The molecule has 132 valence electrons. The van der Waals surface area contributed by atoms with Gasteiger partial charge in [-0.3, -0.25) is 0 Å². The van der Waals surface area contributed by atoms with E-state index in [2.05, 4.69) is 15.4 Å². The molecule has 0 aromatic heterocycles. The number of nitrogens with zero attached hydrogens (tertiary/aromatic N) is 1. The van der Waals surface area contributed by atoms with E-state index in [1.165, 1.54) is 13.2 Å². The minimum atomic E-state index is -0.947. The molecule has 2 rings (SSSR count). The largest absolute Gasteiger partial charge is 0.453 e. The number of benzene rings is 1. The molecule has 3 amide bonds. The van der Waals surface area contributed by atoms with Crippen LogP contribution in [0.3, 0.4) is 0 Å². The number of ether oxygens (including phenoxy) is 1. The van der Waals surface area contributed by atoms with Crippen molar-refractivity contribution in [2.75, 3.05) is 20.2 Å². The van der Waals surface area contributed by atoms with E-state index < -0.39 is 17.7 Å². The van der Waals surface area contributed by atoms with Crippen LogP contribution in [-0.2, 0) is 4.74 Å². The van der Waals surface area contributed by atoms with Crippen LogP contribution in [0.2, 0.25) is 0 Å². The third kappa shape index (κ3) is 4.56. The highest BCUT2D eigenvalue weighted by Crippen LogP contribution is 2.16. The summed E-state index contributed by atoms with van der Waals surface area (Å²) in [6.45, 7) is 2.71. The first-order valence-corrected chi connectivity index (χ1v) is 7.75. The zero-order valence-electron chi connectivity index (χ0n) is 13.6. The second kappa shape index (κ2) is 7.94. The number of rotatable bonds is 3. The SMILES string of the molecule is COC(=O)N1CCC(NC(=O)NC(C)c2ccc(F)c(F)c2)CC1. The fourth-order valence-corrected chi connectivity index (χ4v) is 2.62. The molecule has 8 heteroatoms. The second-order valence-corrected chi connectivity index (χ2v) is 5.74. The molecule has 1 fully saturated rings. The number of methoxy groups -OCH3 is 1. The van der Waals surface area contributed by atoms with Gasteiger partial charge in [-0.1, -0.05) is 6.07 Å². The monoisotopic (exact) mass is 341 g/mol. The second-order valence-electron chi connectivity index (χ2n) is 5.74. The van der Waals surface area contributed by atoms with Gasteiger partial charge in [-0.2, -0.15) is 0 Å². The summed E-state index contributed by atoms with van der Waals surface area (Å²) in [5, 5.41) is 5.52. The van der Waals surface area contributed by atoms with Gasteiger partial charge in [0.25, 0.3) is 0 Å². The van der Waals surface area contributed by atoms with Crippen molar-refractivity contribution in [3.05, 3.63) is 35.4 Å². The zero-order valence-corrected chi connectivity index (χ0v) is 13.6. The molecule has 1 aromatic rings. The fraction of sp³-hybridized carbons (Fsp3) is 0.500. The Morgan fingerprint density at radius 2 is 1.92 bits per heavy atom. The summed E-state index contributed by atoms with van der Waals surface area (Å²) in [7, 11) is 1.33. The average molecular weight is 341 g/mol. The van der Waals surface area contributed by atoms with Crippen molar-refractivity contribution in [1.29, 1.82) is 0 Å². The maximum atomic E-state index is 13.2. The fourth-order valence-electron chi connectivity index (χ4n) is 2.62. The number of urea groups is 1. The van der Waals surface area contributed by atoms with Crippen molar-refractivity contribution in [1.82, 2.24) is 15.5 Å². The summed E-state index contributed by atoms with van der Waals surface area (Å²) in [5.41, 5.74) is 0.476. The molecule has 1 aliphatic rings. The molecule has 0 aliphatic carbocycles. The standard InChI is InChI=1S/C16H21F2N3O3/c1-10(11-3-4-13(17)14(18)9-11)19-15(22)20-12-5-7-21(8-6-12)16(23)24-2/h3-4,9-10,12H,5-8H2,1-2H3,(H2,19,20,22). The Morgan fingerprint density at radius 3 is 2.50 bits per heavy atom. The van der Waals surface area contributed by atoms with E-state index in [0.717, 1.165) is 12.1 Å². The lowest BCUT2D eigenvalue weighted by Gasteiger charge is -2.31. The van der Waals surface area contributed by atoms with Gasteiger partial charge < -0.3 is 20.3 Å². The molecule has 0 radical (unpaired) electrons. The molecule has 1 saturated heterocycles. The van der Waals surface area contributed by atoms with Gasteiger partial charge in [0.1, 0.15) is 0 Å². The van der Waals surface area contributed by atoms with E-state index in [4.69, 9.17) is 0 Å². The number of carbonyl (C=O) groups excluding carboxylic acids is 2. The Bertz CT molecular complexity index is 604. The summed E-state index contributed by atoms with van der Waals surface area (Å²) in [6.07, 6.45) is 0.884. The van der Waals surface area contributed by atoms with Crippen LogP contribution in [0.1, 0.15) is 31.4 Å². The van der Waals surface area contributed by atoms with Crippen LogP contribution >= 0.6 is 0 Å². The third-order valence-electron chi connectivity index (χ3n) is 4.05. The van der Waals surface area contributed by atoms with Gasteiger partial charge in [-0.25, -0.2) is 18.4 Å². The van der Waals surface area contributed by atoms with E-state index in [1.54, 1.807) is 11.8 Å². The third-order valence-corrected chi connectivity index (χ3v) is 4.05. The Kier molecular flexibility index (Phi) is 5.94. The lowest BCUT2D eigenvalue weighted by Crippen LogP contribution is -2.49. The number of hydrogen-bond donors (Lipinski definition) is 2. The molecule has 2 N–H and O–H groups in total. The van der Waals surface area contributed by atoms with Crippen LogP contribution < -0.4 is 10.6 Å². The first-order chi connectivity index (χ1) is 11.4. The summed E-state index contributed by atoms with van der Waals surface area (Å²) in [6, 6.07) is 2.62. The first-order valence-electron chi connectivity index (χ1n) is 7.75. The molecule has 1 atom stereocenters. The van der Waals surface area contributed by atoms with Gasteiger partial charge in [0.2, 0.25) is 0 Å². The van der Waals surface area contributed by atoms with Crippen molar-refractivity contribution < 1.29 is 23.1 Å². The highest BCUT2D eigenvalue weighted by Gasteiger charge is 2.24. The zero-order chi connectivity index (χ0) is 17.7. The van der Waals surface area contributed by atoms with E-state index in [0.29, 0.717) is 31.5 Å². The van der Waals surface area contributed by atoms with Gasteiger partial charge in [0, 0.05) is 19.1 Å². The molecule has 1 unspecified atom stereocenters. The summed E-state index contributed by atoms with van der Waals surface area (Å²) < 4.78 is 30.8. The van der Waals surface area contributed by atoms with Crippen LogP contribution in [0.5, 0.6) is 0 Å². The maximum Gasteiger partial charge on any atom is 0.409 e. The topological polar surface area (TPSA) is 70.7 Å². The molecule has 1 aliphatic heterocycles. The van der Waals surface area contributed by atoms with Crippen molar-refractivity contribution in [2.24, 2.45) is 0 Å². The van der Waals surface area contributed by atoms with Gasteiger partial charge >= 0.3 is 12.1 Å². The normalized spacial score (nSPS) is 16.4. The molecule has 1 heterocycles. The molecule has 0 bridgehead atoms. The van der Waals surface area contributed by atoms with E-state index >= 15 is 0 Å². The number of nitrogens with one attached hydrogen (secondary N) is 2. The van der Waals surface area contributed by atoms with E-state index in [-0.39, 0.29) is 18.2 Å². The number of hydrogen-bond acceptors (Lipinski definition) is 3. The number of likely N-dealkylation sites (tertiary alicyclic amines) is 1. The predicted molar refractivity (Wildman–Crippen MR) is 83.4 cm³/mol. The van der Waals surface area contributed by atoms with Gasteiger partial charge in [0.15, 0.2) is 11.6 Å². The molecular weight excluding hydrogens is 320 g/mol.